The van der Waals surface area contributed by atoms with Crippen molar-refractivity contribution in [3.63, 3.8) is 0 Å². The van der Waals surface area contributed by atoms with E-state index in [0.717, 1.165) is 29.7 Å². The van der Waals surface area contributed by atoms with E-state index < -0.39 is 10.0 Å². The molecule has 0 bridgehead atoms. The lowest BCUT2D eigenvalue weighted by molar-refractivity contribution is 0.309. The molecule has 0 saturated heterocycles. The Morgan fingerprint density at radius 2 is 1.84 bits per heavy atom. The number of rotatable bonds is 8. The smallest absolute Gasteiger partial charge is 0.276 e. The van der Waals surface area contributed by atoms with Crippen LogP contribution in [-0.4, -0.2) is 21.2 Å². The zero-order valence-corrected chi connectivity index (χ0v) is 15.6. The molecule has 0 spiro atoms. The molecule has 0 aliphatic rings. The van der Waals surface area contributed by atoms with E-state index in [1.807, 2.05) is 37.3 Å². The minimum absolute atomic E-state index is 0.240. The topological polar surface area (TPSA) is 67.8 Å². The first-order valence-corrected chi connectivity index (χ1v) is 9.75. The number of aryl methyl sites for hydroxylation is 2. The summed E-state index contributed by atoms with van der Waals surface area (Å²) in [4.78, 5) is 2.50. The zero-order chi connectivity index (χ0) is 18.3. The number of sulfonamides is 1. The van der Waals surface area contributed by atoms with E-state index in [4.69, 9.17) is 4.74 Å². The second-order valence-corrected chi connectivity index (χ2v) is 7.52. The molecule has 0 unspecified atom stereocenters. The van der Waals surface area contributed by atoms with Gasteiger partial charge in [-0.25, -0.2) is 4.83 Å². The number of hydrogen-bond acceptors (Lipinski definition) is 4. The molecule has 2 aromatic rings. The van der Waals surface area contributed by atoms with E-state index in [0.29, 0.717) is 12.2 Å². The van der Waals surface area contributed by atoms with Crippen LogP contribution in [0.4, 0.5) is 0 Å². The van der Waals surface area contributed by atoms with Crippen LogP contribution >= 0.6 is 0 Å². The minimum atomic E-state index is -3.68. The molecule has 0 aliphatic heterocycles. The van der Waals surface area contributed by atoms with Crippen molar-refractivity contribution in [1.29, 1.82) is 0 Å². The fraction of sp³-hybridized carbons (Fsp3) is 0.316. The van der Waals surface area contributed by atoms with Gasteiger partial charge in [0.15, 0.2) is 0 Å². The van der Waals surface area contributed by atoms with Gasteiger partial charge in [0.1, 0.15) is 5.75 Å². The summed E-state index contributed by atoms with van der Waals surface area (Å²) < 4.78 is 30.3. The number of hydrogen-bond donors (Lipinski definition) is 1. The van der Waals surface area contributed by atoms with Gasteiger partial charge in [0.05, 0.1) is 17.7 Å². The van der Waals surface area contributed by atoms with Crippen LogP contribution in [0.3, 0.4) is 0 Å². The minimum Gasteiger partial charge on any atom is -0.494 e. The molecule has 25 heavy (non-hydrogen) atoms. The highest BCUT2D eigenvalue weighted by Crippen LogP contribution is 2.16. The molecule has 6 heteroatoms. The maximum absolute atomic E-state index is 12.4. The van der Waals surface area contributed by atoms with Crippen LogP contribution in [-0.2, 0) is 10.0 Å². The SMILES string of the molecule is CCCCOc1ccc(/C=N\NS(=O)(=O)c2cc(C)ccc2C)cc1. The molecule has 2 aromatic carbocycles. The summed E-state index contributed by atoms with van der Waals surface area (Å²) in [6.07, 6.45) is 3.58. The Labute approximate surface area is 149 Å². The van der Waals surface area contributed by atoms with Crippen LogP contribution in [0.2, 0.25) is 0 Å². The Morgan fingerprint density at radius 3 is 2.52 bits per heavy atom. The summed E-state index contributed by atoms with van der Waals surface area (Å²) in [5.74, 6) is 0.793. The molecule has 0 aliphatic carbocycles. The number of hydrazone groups is 1. The molecular weight excluding hydrogens is 336 g/mol. The number of unbranched alkanes of at least 4 members (excludes halogenated alkanes) is 1. The number of benzene rings is 2. The van der Waals surface area contributed by atoms with Gasteiger partial charge in [0.25, 0.3) is 10.0 Å². The van der Waals surface area contributed by atoms with Crippen molar-refractivity contribution in [1.82, 2.24) is 4.83 Å². The Morgan fingerprint density at radius 1 is 1.12 bits per heavy atom. The first kappa shape index (κ1) is 19.0. The summed E-state index contributed by atoms with van der Waals surface area (Å²) in [6, 6.07) is 12.6. The van der Waals surface area contributed by atoms with Crippen molar-refractivity contribution in [3.8, 4) is 5.75 Å². The summed E-state index contributed by atoms with van der Waals surface area (Å²) in [5, 5.41) is 3.86. The lowest BCUT2D eigenvalue weighted by Crippen LogP contribution is -2.19. The van der Waals surface area contributed by atoms with Crippen LogP contribution in [0, 0.1) is 13.8 Å². The van der Waals surface area contributed by atoms with Gasteiger partial charge in [-0.3, -0.25) is 0 Å². The van der Waals surface area contributed by atoms with E-state index in [-0.39, 0.29) is 4.90 Å². The van der Waals surface area contributed by atoms with Crippen molar-refractivity contribution in [2.24, 2.45) is 5.10 Å². The Balaban J connectivity index is 2.01. The van der Waals surface area contributed by atoms with Crippen molar-refractivity contribution in [3.05, 3.63) is 59.2 Å². The van der Waals surface area contributed by atoms with Crippen LogP contribution < -0.4 is 9.57 Å². The largest absolute Gasteiger partial charge is 0.494 e. The lowest BCUT2D eigenvalue weighted by atomic mass is 10.2. The van der Waals surface area contributed by atoms with Crippen molar-refractivity contribution in [2.75, 3.05) is 6.61 Å². The van der Waals surface area contributed by atoms with Gasteiger partial charge in [-0.1, -0.05) is 25.5 Å². The molecule has 0 aromatic heterocycles. The molecule has 2 rings (SSSR count). The monoisotopic (exact) mass is 360 g/mol. The van der Waals surface area contributed by atoms with Gasteiger partial charge in [-0.15, -0.1) is 0 Å². The lowest BCUT2D eigenvalue weighted by Gasteiger charge is -2.08. The van der Waals surface area contributed by atoms with Gasteiger partial charge in [-0.05, 0) is 67.3 Å². The molecule has 1 N–H and O–H groups in total. The maximum atomic E-state index is 12.4. The highest BCUT2D eigenvalue weighted by molar-refractivity contribution is 7.89. The summed E-state index contributed by atoms with van der Waals surface area (Å²) in [5.41, 5.74) is 2.35. The van der Waals surface area contributed by atoms with E-state index in [9.17, 15) is 8.42 Å². The third-order valence-electron chi connectivity index (χ3n) is 3.67. The average molecular weight is 360 g/mol. The molecule has 0 heterocycles. The highest BCUT2D eigenvalue weighted by atomic mass is 32.2. The molecule has 5 nitrogen and oxygen atoms in total. The molecular formula is C19H24N2O3S. The Bertz CT molecular complexity index is 828. The van der Waals surface area contributed by atoms with Gasteiger partial charge >= 0.3 is 0 Å². The summed E-state index contributed by atoms with van der Waals surface area (Å²) in [7, 11) is -3.68. The highest BCUT2D eigenvalue weighted by Gasteiger charge is 2.15. The predicted octanol–water partition coefficient (Wildman–Crippen LogP) is 3.79. The average Bonchev–Trinajstić information content (AvgIpc) is 2.58. The molecule has 0 saturated carbocycles. The molecule has 0 fully saturated rings. The second kappa shape index (κ2) is 8.67. The number of nitrogens with one attached hydrogen (secondary N) is 1. The Hall–Kier alpha value is -2.34. The molecule has 0 radical (unpaired) electrons. The van der Waals surface area contributed by atoms with E-state index >= 15 is 0 Å². The fourth-order valence-corrected chi connectivity index (χ4v) is 3.32. The maximum Gasteiger partial charge on any atom is 0.276 e. The molecule has 134 valence electrons. The molecule has 0 amide bonds. The van der Waals surface area contributed by atoms with Crippen molar-refractivity contribution < 1.29 is 13.2 Å². The summed E-state index contributed by atoms with van der Waals surface area (Å²) in [6.45, 7) is 6.42. The van der Waals surface area contributed by atoms with Gasteiger partial charge < -0.3 is 4.74 Å². The standard InChI is InChI=1S/C19H24N2O3S/c1-4-5-12-24-18-10-8-17(9-11-18)14-20-21-25(22,23)19-13-15(2)6-7-16(19)3/h6-11,13-14,21H,4-5,12H2,1-3H3/b20-14-. The van der Waals surface area contributed by atoms with Gasteiger partial charge in [0.2, 0.25) is 0 Å². The third kappa shape index (κ3) is 5.60. The fourth-order valence-electron chi connectivity index (χ4n) is 2.20. The normalized spacial score (nSPS) is 11.6. The van der Waals surface area contributed by atoms with E-state index in [1.165, 1.54) is 6.21 Å². The van der Waals surface area contributed by atoms with E-state index in [1.54, 1.807) is 19.1 Å². The van der Waals surface area contributed by atoms with Gasteiger partial charge in [0, 0.05) is 0 Å². The quantitative estimate of drug-likeness (QED) is 0.442. The van der Waals surface area contributed by atoms with Crippen LogP contribution in [0.25, 0.3) is 0 Å². The van der Waals surface area contributed by atoms with Crippen LogP contribution in [0.5, 0.6) is 5.75 Å². The van der Waals surface area contributed by atoms with Crippen molar-refractivity contribution >= 4 is 16.2 Å². The first-order valence-electron chi connectivity index (χ1n) is 8.27. The number of nitrogens with zero attached hydrogens (tertiary/aromatic N) is 1. The first-order chi connectivity index (χ1) is 11.9. The molecule has 0 atom stereocenters. The predicted molar refractivity (Wildman–Crippen MR) is 101 cm³/mol. The Kier molecular flexibility index (Phi) is 6.58. The number of ether oxygens (including phenoxy) is 1. The summed E-state index contributed by atoms with van der Waals surface area (Å²) >= 11 is 0. The van der Waals surface area contributed by atoms with Crippen LogP contribution in [0.15, 0.2) is 52.5 Å². The zero-order valence-electron chi connectivity index (χ0n) is 14.8. The van der Waals surface area contributed by atoms with Crippen LogP contribution in [0.1, 0.15) is 36.5 Å². The van der Waals surface area contributed by atoms with Gasteiger partial charge in [-0.2, -0.15) is 13.5 Å². The van der Waals surface area contributed by atoms with Crippen molar-refractivity contribution in [2.45, 2.75) is 38.5 Å². The second-order valence-electron chi connectivity index (χ2n) is 5.89. The van der Waals surface area contributed by atoms with E-state index in [2.05, 4.69) is 16.9 Å². The third-order valence-corrected chi connectivity index (χ3v) is 5.03.